The maximum atomic E-state index is 10.8. The minimum absolute atomic E-state index is 0.177. The molecule has 0 bridgehead atoms. The summed E-state index contributed by atoms with van der Waals surface area (Å²) in [6.45, 7) is 3.54. The van der Waals surface area contributed by atoms with E-state index in [-0.39, 0.29) is 5.56 Å². The number of rotatable bonds is 3. The Morgan fingerprint density at radius 1 is 1.50 bits per heavy atom. The molecule has 0 saturated carbocycles. The van der Waals surface area contributed by atoms with Crippen LogP contribution >= 0.6 is 0 Å². The number of anilines is 2. The number of allylic oxidation sites excluding steroid dienone is 1. The maximum Gasteiger partial charge on any atom is 0.336 e. The molecule has 74 valence electrons. The SMILES string of the molecule is C=CCc1c(C(=O)O)ccc(N)c1N. The van der Waals surface area contributed by atoms with Gasteiger partial charge in [0.05, 0.1) is 16.9 Å². The largest absolute Gasteiger partial charge is 0.478 e. The predicted octanol–water partition coefficient (Wildman–Crippen LogP) is 1.28. The molecule has 0 aliphatic carbocycles. The van der Waals surface area contributed by atoms with Crippen LogP contribution in [-0.4, -0.2) is 11.1 Å². The van der Waals surface area contributed by atoms with E-state index in [9.17, 15) is 4.79 Å². The molecule has 0 unspecified atom stereocenters. The van der Waals surface area contributed by atoms with E-state index in [0.717, 1.165) is 0 Å². The van der Waals surface area contributed by atoms with Crippen LogP contribution in [0.15, 0.2) is 24.8 Å². The van der Waals surface area contributed by atoms with Crippen LogP contribution < -0.4 is 11.5 Å². The maximum absolute atomic E-state index is 10.8. The molecule has 0 aromatic heterocycles. The monoisotopic (exact) mass is 192 g/mol. The molecular weight excluding hydrogens is 180 g/mol. The van der Waals surface area contributed by atoms with Gasteiger partial charge < -0.3 is 16.6 Å². The zero-order chi connectivity index (χ0) is 10.7. The molecule has 0 radical (unpaired) electrons. The van der Waals surface area contributed by atoms with Crippen molar-refractivity contribution in [1.29, 1.82) is 0 Å². The number of benzene rings is 1. The van der Waals surface area contributed by atoms with E-state index in [1.165, 1.54) is 12.1 Å². The van der Waals surface area contributed by atoms with Gasteiger partial charge in [-0.05, 0) is 24.1 Å². The summed E-state index contributed by atoms with van der Waals surface area (Å²) >= 11 is 0. The van der Waals surface area contributed by atoms with E-state index in [0.29, 0.717) is 23.4 Å². The number of nitrogens with two attached hydrogens (primary N) is 2. The average Bonchev–Trinajstić information content (AvgIpc) is 2.13. The number of hydrogen-bond donors (Lipinski definition) is 3. The second-order valence-corrected chi connectivity index (χ2v) is 2.89. The second kappa shape index (κ2) is 3.83. The van der Waals surface area contributed by atoms with Gasteiger partial charge in [0.25, 0.3) is 0 Å². The first kappa shape index (κ1) is 10.1. The summed E-state index contributed by atoms with van der Waals surface area (Å²) in [7, 11) is 0. The van der Waals surface area contributed by atoms with Gasteiger partial charge in [0, 0.05) is 0 Å². The van der Waals surface area contributed by atoms with Crippen molar-refractivity contribution in [2.45, 2.75) is 6.42 Å². The highest BCUT2D eigenvalue weighted by atomic mass is 16.4. The van der Waals surface area contributed by atoms with Crippen LogP contribution in [0, 0.1) is 0 Å². The summed E-state index contributed by atoms with van der Waals surface area (Å²) < 4.78 is 0. The average molecular weight is 192 g/mol. The standard InChI is InChI=1S/C10H12N2O2/c1-2-3-6-7(10(13)14)4-5-8(11)9(6)12/h2,4-5H,1,3,11-12H2,(H,13,14). The lowest BCUT2D eigenvalue weighted by molar-refractivity contribution is 0.0696. The van der Waals surface area contributed by atoms with E-state index in [2.05, 4.69) is 6.58 Å². The molecule has 0 saturated heterocycles. The fraction of sp³-hybridized carbons (Fsp3) is 0.100. The zero-order valence-electron chi connectivity index (χ0n) is 7.66. The van der Waals surface area contributed by atoms with E-state index in [1.54, 1.807) is 6.08 Å². The van der Waals surface area contributed by atoms with Crippen molar-refractivity contribution in [3.05, 3.63) is 35.9 Å². The minimum Gasteiger partial charge on any atom is -0.478 e. The summed E-state index contributed by atoms with van der Waals surface area (Å²) in [4.78, 5) is 10.8. The third-order valence-corrected chi connectivity index (χ3v) is 1.97. The van der Waals surface area contributed by atoms with Gasteiger partial charge in [-0.15, -0.1) is 6.58 Å². The van der Waals surface area contributed by atoms with Gasteiger partial charge in [-0.1, -0.05) is 6.08 Å². The molecule has 0 fully saturated rings. The molecule has 4 heteroatoms. The molecule has 1 rings (SSSR count). The van der Waals surface area contributed by atoms with Crippen LogP contribution in [0.25, 0.3) is 0 Å². The Morgan fingerprint density at radius 3 is 2.64 bits per heavy atom. The highest BCUT2D eigenvalue weighted by Gasteiger charge is 2.13. The van der Waals surface area contributed by atoms with Gasteiger partial charge >= 0.3 is 5.97 Å². The fourth-order valence-corrected chi connectivity index (χ4v) is 1.25. The van der Waals surface area contributed by atoms with Crippen molar-refractivity contribution >= 4 is 17.3 Å². The first-order valence-electron chi connectivity index (χ1n) is 4.09. The Balaban J connectivity index is 3.36. The third-order valence-electron chi connectivity index (χ3n) is 1.97. The number of nitrogen functional groups attached to an aromatic ring is 2. The molecule has 0 atom stereocenters. The molecular formula is C10H12N2O2. The normalized spacial score (nSPS) is 9.71. The molecule has 0 spiro atoms. The Morgan fingerprint density at radius 2 is 2.14 bits per heavy atom. The van der Waals surface area contributed by atoms with Gasteiger partial charge in [0.1, 0.15) is 0 Å². The van der Waals surface area contributed by atoms with Crippen molar-refractivity contribution in [1.82, 2.24) is 0 Å². The zero-order valence-corrected chi connectivity index (χ0v) is 7.66. The van der Waals surface area contributed by atoms with Crippen molar-refractivity contribution < 1.29 is 9.90 Å². The molecule has 1 aromatic rings. The number of carboxylic acids is 1. The van der Waals surface area contributed by atoms with E-state index in [4.69, 9.17) is 16.6 Å². The smallest absolute Gasteiger partial charge is 0.336 e. The Hall–Kier alpha value is -1.97. The number of carbonyl (C=O) groups is 1. The lowest BCUT2D eigenvalue weighted by Crippen LogP contribution is -2.07. The first-order valence-corrected chi connectivity index (χ1v) is 4.09. The molecule has 4 nitrogen and oxygen atoms in total. The van der Waals surface area contributed by atoms with Gasteiger partial charge in [-0.2, -0.15) is 0 Å². The summed E-state index contributed by atoms with van der Waals surface area (Å²) in [6, 6.07) is 2.94. The Labute approximate surface area is 81.8 Å². The predicted molar refractivity (Wildman–Crippen MR) is 56.1 cm³/mol. The van der Waals surface area contributed by atoms with Gasteiger partial charge in [0.15, 0.2) is 0 Å². The van der Waals surface area contributed by atoms with E-state index >= 15 is 0 Å². The summed E-state index contributed by atoms with van der Waals surface area (Å²) in [5, 5.41) is 8.88. The molecule has 1 aromatic carbocycles. The van der Waals surface area contributed by atoms with Crippen LogP contribution in [-0.2, 0) is 6.42 Å². The number of aromatic carboxylic acids is 1. The third kappa shape index (κ3) is 1.69. The van der Waals surface area contributed by atoms with Crippen LogP contribution in [0.1, 0.15) is 15.9 Å². The molecule has 0 heterocycles. The Bertz CT molecular complexity index is 386. The van der Waals surface area contributed by atoms with E-state index < -0.39 is 5.97 Å². The van der Waals surface area contributed by atoms with Crippen LogP contribution in [0.5, 0.6) is 0 Å². The Kier molecular flexibility index (Phi) is 2.76. The minimum atomic E-state index is -1.01. The second-order valence-electron chi connectivity index (χ2n) is 2.89. The molecule has 0 aliphatic rings. The van der Waals surface area contributed by atoms with Gasteiger partial charge in [-0.3, -0.25) is 0 Å². The number of carboxylic acid groups (broad SMARTS) is 1. The van der Waals surface area contributed by atoms with Crippen molar-refractivity contribution in [2.75, 3.05) is 11.5 Å². The summed E-state index contributed by atoms with van der Waals surface area (Å²) in [5.74, 6) is -1.01. The lowest BCUT2D eigenvalue weighted by atomic mass is 10.0. The van der Waals surface area contributed by atoms with Crippen LogP contribution in [0.4, 0.5) is 11.4 Å². The molecule has 0 aliphatic heterocycles. The molecule has 0 amide bonds. The van der Waals surface area contributed by atoms with Crippen LogP contribution in [0.2, 0.25) is 0 Å². The van der Waals surface area contributed by atoms with E-state index in [1.807, 2.05) is 0 Å². The quantitative estimate of drug-likeness (QED) is 0.497. The molecule has 5 N–H and O–H groups in total. The molecule has 14 heavy (non-hydrogen) atoms. The van der Waals surface area contributed by atoms with Gasteiger partial charge in [-0.25, -0.2) is 4.79 Å². The summed E-state index contributed by atoms with van der Waals surface area (Å²) in [6.07, 6.45) is 2.00. The summed E-state index contributed by atoms with van der Waals surface area (Å²) in [5.41, 5.74) is 12.7. The van der Waals surface area contributed by atoms with Crippen molar-refractivity contribution in [2.24, 2.45) is 0 Å². The fourth-order valence-electron chi connectivity index (χ4n) is 1.25. The van der Waals surface area contributed by atoms with Crippen molar-refractivity contribution in [3.8, 4) is 0 Å². The van der Waals surface area contributed by atoms with Crippen molar-refractivity contribution in [3.63, 3.8) is 0 Å². The highest BCUT2D eigenvalue weighted by molar-refractivity contribution is 5.93. The lowest BCUT2D eigenvalue weighted by Gasteiger charge is -2.09. The highest BCUT2D eigenvalue weighted by Crippen LogP contribution is 2.24. The first-order chi connectivity index (χ1) is 6.57. The topological polar surface area (TPSA) is 89.3 Å². The number of hydrogen-bond acceptors (Lipinski definition) is 3. The van der Waals surface area contributed by atoms with Gasteiger partial charge in [0.2, 0.25) is 0 Å². The van der Waals surface area contributed by atoms with Crippen LogP contribution in [0.3, 0.4) is 0 Å².